The summed E-state index contributed by atoms with van der Waals surface area (Å²) in [5, 5.41) is 4.39. The molecule has 4 nitrogen and oxygen atoms in total. The number of carbonyl (C=O) groups is 1. The van der Waals surface area contributed by atoms with Gasteiger partial charge in [0, 0.05) is 19.3 Å². The van der Waals surface area contributed by atoms with E-state index in [1.54, 1.807) is 11.8 Å². The normalized spacial score (nSPS) is 15.9. The van der Waals surface area contributed by atoms with E-state index in [4.69, 9.17) is 0 Å². The summed E-state index contributed by atoms with van der Waals surface area (Å²) in [6.07, 6.45) is 3.99. The van der Waals surface area contributed by atoms with Gasteiger partial charge >= 0.3 is 0 Å². The van der Waals surface area contributed by atoms with Gasteiger partial charge in [0.25, 0.3) is 5.91 Å². The van der Waals surface area contributed by atoms with Crippen molar-refractivity contribution in [2.75, 3.05) is 13.1 Å². The molecule has 1 aliphatic heterocycles. The molecule has 0 bridgehead atoms. The highest BCUT2D eigenvalue weighted by Crippen LogP contribution is 2.25. The summed E-state index contributed by atoms with van der Waals surface area (Å²) >= 11 is 0. The summed E-state index contributed by atoms with van der Waals surface area (Å²) < 4.78 is 1.96. The molecule has 0 spiro atoms. The third-order valence-electron chi connectivity index (χ3n) is 3.22. The summed E-state index contributed by atoms with van der Waals surface area (Å²) in [5.41, 5.74) is 1.34. The Morgan fingerprint density at radius 2 is 2.11 bits per heavy atom. The zero-order valence-corrected chi connectivity index (χ0v) is 11.4. The highest BCUT2D eigenvalue weighted by atomic mass is 16.2. The average molecular weight is 245 g/mol. The number of rotatable bonds is 1. The second-order valence-corrected chi connectivity index (χ2v) is 5.70. The number of carbonyl (C=O) groups excluding carboxylic acids is 1. The second-order valence-electron chi connectivity index (χ2n) is 5.70. The Kier molecular flexibility index (Phi) is 3.16. The van der Waals surface area contributed by atoms with Crippen molar-refractivity contribution in [3.63, 3.8) is 0 Å². The first kappa shape index (κ1) is 12.7. The molecule has 96 valence electrons. The fourth-order valence-corrected chi connectivity index (χ4v) is 1.90. The number of hydrogen-bond acceptors (Lipinski definition) is 2. The van der Waals surface area contributed by atoms with Crippen molar-refractivity contribution in [1.82, 2.24) is 14.7 Å². The smallest absolute Gasteiger partial charge is 0.298 e. The van der Waals surface area contributed by atoms with Crippen molar-refractivity contribution in [2.24, 2.45) is 0 Å². The van der Waals surface area contributed by atoms with E-state index in [2.05, 4.69) is 43.9 Å². The van der Waals surface area contributed by atoms with Gasteiger partial charge in [0.05, 0.1) is 12.2 Å². The van der Waals surface area contributed by atoms with Crippen LogP contribution in [-0.4, -0.2) is 33.7 Å². The van der Waals surface area contributed by atoms with Gasteiger partial charge in [-0.25, -0.2) is 0 Å². The van der Waals surface area contributed by atoms with Crippen LogP contribution in [0.15, 0.2) is 12.4 Å². The standard InChI is InChI=1S/C14H19N3O/c1-5-6-13(18)16-9-12(10-16)17-8-11(7-15-17)14(2,3)4/h7-8,12H,9-10H2,1-4H3. The SMILES string of the molecule is CC#CC(=O)N1CC(n2cc(C(C)(C)C)cn2)C1. The first-order valence-corrected chi connectivity index (χ1v) is 6.18. The van der Waals surface area contributed by atoms with Crippen LogP contribution in [0, 0.1) is 11.8 Å². The molecule has 1 aromatic rings. The van der Waals surface area contributed by atoms with Crippen LogP contribution in [0.25, 0.3) is 0 Å². The monoisotopic (exact) mass is 245 g/mol. The van der Waals surface area contributed by atoms with Gasteiger partial charge in [-0.3, -0.25) is 9.48 Å². The second kappa shape index (κ2) is 4.49. The lowest BCUT2D eigenvalue weighted by atomic mass is 9.90. The summed E-state index contributed by atoms with van der Waals surface area (Å²) in [7, 11) is 0. The minimum atomic E-state index is -0.0862. The van der Waals surface area contributed by atoms with Gasteiger partial charge in [0.15, 0.2) is 0 Å². The van der Waals surface area contributed by atoms with Gasteiger partial charge in [-0.1, -0.05) is 26.7 Å². The van der Waals surface area contributed by atoms with Crippen molar-refractivity contribution in [2.45, 2.75) is 39.2 Å². The van der Waals surface area contributed by atoms with E-state index < -0.39 is 0 Å². The molecule has 0 unspecified atom stereocenters. The fourth-order valence-electron chi connectivity index (χ4n) is 1.90. The first-order valence-electron chi connectivity index (χ1n) is 6.18. The molecule has 1 amide bonds. The predicted molar refractivity (Wildman–Crippen MR) is 70.0 cm³/mol. The minimum absolute atomic E-state index is 0.0862. The molecule has 4 heteroatoms. The van der Waals surface area contributed by atoms with E-state index in [-0.39, 0.29) is 11.3 Å². The lowest BCUT2D eigenvalue weighted by Gasteiger charge is -2.37. The van der Waals surface area contributed by atoms with Gasteiger partial charge in [-0.2, -0.15) is 5.10 Å². The maximum atomic E-state index is 11.5. The molecule has 0 aromatic carbocycles. The van der Waals surface area contributed by atoms with Gasteiger partial charge in [-0.15, -0.1) is 0 Å². The molecular weight excluding hydrogens is 226 g/mol. The van der Waals surface area contributed by atoms with E-state index in [1.165, 1.54) is 5.56 Å². The Morgan fingerprint density at radius 3 is 2.61 bits per heavy atom. The van der Waals surface area contributed by atoms with Gasteiger partial charge in [0.1, 0.15) is 0 Å². The lowest BCUT2D eigenvalue weighted by Crippen LogP contribution is -2.50. The van der Waals surface area contributed by atoms with Crippen LogP contribution in [0.4, 0.5) is 0 Å². The molecule has 0 aliphatic carbocycles. The van der Waals surface area contributed by atoms with Crippen LogP contribution in [0.3, 0.4) is 0 Å². The molecule has 1 fully saturated rings. The van der Waals surface area contributed by atoms with Crippen LogP contribution in [0.1, 0.15) is 39.3 Å². The molecule has 2 heterocycles. The van der Waals surface area contributed by atoms with E-state index in [9.17, 15) is 4.79 Å². The van der Waals surface area contributed by atoms with Gasteiger partial charge < -0.3 is 4.90 Å². The van der Waals surface area contributed by atoms with Gasteiger partial charge in [-0.05, 0) is 23.8 Å². The third kappa shape index (κ3) is 2.40. The molecule has 0 saturated carbocycles. The number of nitrogens with zero attached hydrogens (tertiary/aromatic N) is 3. The van der Waals surface area contributed by atoms with Crippen LogP contribution >= 0.6 is 0 Å². The molecular formula is C14H19N3O. The first-order chi connectivity index (χ1) is 8.41. The summed E-state index contributed by atoms with van der Waals surface area (Å²) in [6.45, 7) is 9.60. The van der Waals surface area contributed by atoms with E-state index in [0.29, 0.717) is 19.1 Å². The zero-order valence-electron chi connectivity index (χ0n) is 11.4. The lowest BCUT2D eigenvalue weighted by molar-refractivity contribution is -0.130. The van der Waals surface area contributed by atoms with E-state index >= 15 is 0 Å². The topological polar surface area (TPSA) is 38.1 Å². The molecule has 1 aromatic heterocycles. The van der Waals surface area contributed by atoms with Crippen LogP contribution < -0.4 is 0 Å². The Morgan fingerprint density at radius 1 is 1.44 bits per heavy atom. The largest absolute Gasteiger partial charge is 0.327 e. The highest BCUT2D eigenvalue weighted by Gasteiger charge is 2.32. The van der Waals surface area contributed by atoms with Gasteiger partial charge in [0.2, 0.25) is 0 Å². The maximum absolute atomic E-state index is 11.5. The highest BCUT2D eigenvalue weighted by molar-refractivity contribution is 5.94. The Balaban J connectivity index is 1.98. The van der Waals surface area contributed by atoms with Crippen LogP contribution in [0.2, 0.25) is 0 Å². The Labute approximate surface area is 108 Å². The molecule has 0 N–H and O–H groups in total. The quantitative estimate of drug-likeness (QED) is 0.705. The summed E-state index contributed by atoms with van der Waals surface area (Å²) in [4.78, 5) is 13.2. The summed E-state index contributed by atoms with van der Waals surface area (Å²) in [6, 6.07) is 0.295. The Bertz CT molecular complexity index is 507. The number of likely N-dealkylation sites (tertiary alicyclic amines) is 1. The van der Waals surface area contributed by atoms with Crippen molar-refractivity contribution in [3.05, 3.63) is 18.0 Å². The fraction of sp³-hybridized carbons (Fsp3) is 0.571. The molecule has 18 heavy (non-hydrogen) atoms. The van der Waals surface area contributed by atoms with Crippen molar-refractivity contribution in [1.29, 1.82) is 0 Å². The van der Waals surface area contributed by atoms with Crippen molar-refractivity contribution < 1.29 is 4.79 Å². The third-order valence-corrected chi connectivity index (χ3v) is 3.22. The minimum Gasteiger partial charge on any atom is -0.327 e. The molecule has 0 atom stereocenters. The molecule has 0 radical (unpaired) electrons. The van der Waals surface area contributed by atoms with E-state index in [1.807, 2.05) is 10.9 Å². The number of aromatic nitrogens is 2. The number of hydrogen-bond donors (Lipinski definition) is 0. The molecule has 1 aliphatic rings. The van der Waals surface area contributed by atoms with Crippen LogP contribution in [0.5, 0.6) is 0 Å². The Hall–Kier alpha value is -1.76. The average Bonchev–Trinajstić information content (AvgIpc) is 2.64. The van der Waals surface area contributed by atoms with E-state index in [0.717, 1.165) is 0 Å². The molecule has 1 saturated heterocycles. The molecule has 2 rings (SSSR count). The zero-order chi connectivity index (χ0) is 13.3. The van der Waals surface area contributed by atoms with Crippen LogP contribution in [-0.2, 0) is 10.2 Å². The maximum Gasteiger partial charge on any atom is 0.298 e. The van der Waals surface area contributed by atoms with Crippen molar-refractivity contribution >= 4 is 5.91 Å². The number of amides is 1. The summed E-state index contributed by atoms with van der Waals surface area (Å²) in [5.74, 6) is 5.10. The van der Waals surface area contributed by atoms with Crippen molar-refractivity contribution in [3.8, 4) is 11.8 Å². The predicted octanol–water partition coefficient (Wildman–Crippen LogP) is 1.59.